The van der Waals surface area contributed by atoms with Gasteiger partial charge in [-0.15, -0.1) is 0 Å². The molecule has 0 atom stereocenters. The van der Waals surface area contributed by atoms with E-state index in [9.17, 15) is 23.7 Å². The maximum Gasteiger partial charge on any atom is 0.293 e. The number of hydrogen-bond donors (Lipinski definition) is 1. The van der Waals surface area contributed by atoms with Crippen molar-refractivity contribution in [2.24, 2.45) is 0 Å². The number of benzene rings is 1. The van der Waals surface area contributed by atoms with Gasteiger partial charge in [0.25, 0.3) is 12.1 Å². The van der Waals surface area contributed by atoms with Crippen LogP contribution in [0.15, 0.2) is 24.3 Å². The van der Waals surface area contributed by atoms with E-state index in [4.69, 9.17) is 0 Å². The van der Waals surface area contributed by atoms with Crippen molar-refractivity contribution in [3.8, 4) is 0 Å². The van der Waals surface area contributed by atoms with E-state index in [1.54, 1.807) is 13.0 Å². The van der Waals surface area contributed by atoms with Gasteiger partial charge in [-0.05, 0) is 37.5 Å². The molecule has 1 aromatic heterocycles. The molecule has 25 heavy (non-hydrogen) atoms. The maximum atomic E-state index is 12.9. The third-order valence-electron chi connectivity index (χ3n) is 3.97. The summed E-state index contributed by atoms with van der Waals surface area (Å²) in [7, 11) is 0. The van der Waals surface area contributed by atoms with E-state index >= 15 is 0 Å². The molecule has 3 rings (SSSR count). The minimum absolute atomic E-state index is 0.0646. The summed E-state index contributed by atoms with van der Waals surface area (Å²) >= 11 is 0. The Hall–Kier alpha value is -2.84. The van der Waals surface area contributed by atoms with E-state index in [1.165, 1.54) is 22.9 Å². The van der Waals surface area contributed by atoms with Crippen LogP contribution < -0.4 is 5.32 Å². The number of carbonyl (C=O) groups is 1. The number of halogens is 2. The van der Waals surface area contributed by atoms with Crippen molar-refractivity contribution >= 4 is 17.3 Å². The molecular weight excluding hydrogens is 334 g/mol. The van der Waals surface area contributed by atoms with Crippen LogP contribution in [0, 0.1) is 17.0 Å². The van der Waals surface area contributed by atoms with Crippen LogP contribution in [-0.4, -0.2) is 20.6 Å². The zero-order valence-electron chi connectivity index (χ0n) is 13.4. The molecule has 1 fully saturated rings. The number of nitro benzene ring substituents is 1. The number of nitro groups is 1. The first-order chi connectivity index (χ1) is 11.8. The second-order valence-corrected chi connectivity index (χ2v) is 6.05. The van der Waals surface area contributed by atoms with Crippen molar-refractivity contribution in [1.82, 2.24) is 9.78 Å². The van der Waals surface area contributed by atoms with Crippen molar-refractivity contribution in [1.29, 1.82) is 0 Å². The monoisotopic (exact) mass is 350 g/mol. The third kappa shape index (κ3) is 3.81. The molecule has 7 nitrogen and oxygen atoms in total. The van der Waals surface area contributed by atoms with Crippen LogP contribution in [0.2, 0.25) is 0 Å². The highest BCUT2D eigenvalue weighted by molar-refractivity contribution is 5.93. The summed E-state index contributed by atoms with van der Waals surface area (Å²) in [5, 5.41) is 17.4. The molecule has 132 valence electrons. The first-order valence-corrected chi connectivity index (χ1v) is 7.76. The molecule has 0 saturated heterocycles. The fourth-order valence-electron chi connectivity index (χ4n) is 2.62. The second-order valence-electron chi connectivity index (χ2n) is 6.05. The lowest BCUT2D eigenvalue weighted by Gasteiger charge is -2.09. The summed E-state index contributed by atoms with van der Waals surface area (Å²) in [6.07, 6.45) is -0.959. The first-order valence-electron chi connectivity index (χ1n) is 7.76. The Labute approximate surface area is 141 Å². The molecule has 1 amide bonds. The predicted molar refractivity (Wildman–Crippen MR) is 85.6 cm³/mol. The Morgan fingerprint density at radius 3 is 2.76 bits per heavy atom. The molecule has 0 radical (unpaired) electrons. The fraction of sp³-hybridized carbons (Fsp3) is 0.375. The van der Waals surface area contributed by atoms with E-state index in [2.05, 4.69) is 10.4 Å². The highest BCUT2D eigenvalue weighted by atomic mass is 19.3. The zero-order chi connectivity index (χ0) is 18.1. The van der Waals surface area contributed by atoms with Gasteiger partial charge in [-0.25, -0.2) is 8.78 Å². The van der Waals surface area contributed by atoms with Gasteiger partial charge >= 0.3 is 0 Å². The summed E-state index contributed by atoms with van der Waals surface area (Å²) in [6, 6.07) is 5.76. The van der Waals surface area contributed by atoms with Crippen molar-refractivity contribution in [3.63, 3.8) is 0 Å². The zero-order valence-corrected chi connectivity index (χ0v) is 13.4. The average Bonchev–Trinajstić information content (AvgIpc) is 3.29. The van der Waals surface area contributed by atoms with E-state index in [1.807, 2.05) is 0 Å². The van der Waals surface area contributed by atoms with Gasteiger partial charge in [0.15, 0.2) is 0 Å². The van der Waals surface area contributed by atoms with Crippen molar-refractivity contribution in [3.05, 3.63) is 51.3 Å². The standard InChI is InChI=1S/C16H16F2N4O3/c1-9-2-5-11(14(6-9)22(24)25)19-15(23)8-21-13(10-3-4-10)7-12(20-21)16(17)18/h2,5-7,10,16H,3-4,8H2,1H3,(H,19,23). The molecule has 0 unspecified atom stereocenters. The highest BCUT2D eigenvalue weighted by Crippen LogP contribution is 2.41. The smallest absolute Gasteiger partial charge is 0.293 e. The summed E-state index contributed by atoms with van der Waals surface area (Å²) < 4.78 is 27.0. The number of nitrogens with zero attached hydrogens (tertiary/aromatic N) is 3. The van der Waals surface area contributed by atoms with E-state index in [0.29, 0.717) is 11.3 Å². The minimum Gasteiger partial charge on any atom is -0.319 e. The molecule has 1 aromatic carbocycles. The minimum atomic E-state index is -2.71. The highest BCUT2D eigenvalue weighted by Gasteiger charge is 2.30. The Balaban J connectivity index is 1.79. The second kappa shape index (κ2) is 6.58. The third-order valence-corrected chi connectivity index (χ3v) is 3.97. The van der Waals surface area contributed by atoms with Crippen LogP contribution in [0.5, 0.6) is 0 Å². The van der Waals surface area contributed by atoms with Crippen LogP contribution >= 0.6 is 0 Å². The number of rotatable bonds is 6. The lowest BCUT2D eigenvalue weighted by molar-refractivity contribution is -0.384. The van der Waals surface area contributed by atoms with E-state index in [0.717, 1.165) is 12.8 Å². The van der Waals surface area contributed by atoms with Crippen LogP contribution in [0.1, 0.15) is 42.1 Å². The molecule has 2 aromatic rings. The van der Waals surface area contributed by atoms with E-state index in [-0.39, 0.29) is 29.5 Å². The quantitative estimate of drug-likeness (QED) is 0.637. The van der Waals surface area contributed by atoms with Gasteiger partial charge in [-0.2, -0.15) is 5.10 Å². The lowest BCUT2D eigenvalue weighted by atomic mass is 10.2. The van der Waals surface area contributed by atoms with Crippen LogP contribution in [0.4, 0.5) is 20.2 Å². The maximum absolute atomic E-state index is 12.9. The van der Waals surface area contributed by atoms with Gasteiger partial charge in [0.05, 0.1) is 4.92 Å². The summed E-state index contributed by atoms with van der Waals surface area (Å²) in [5.74, 6) is -0.417. The van der Waals surface area contributed by atoms with Crippen LogP contribution in [0.25, 0.3) is 0 Å². The molecular formula is C16H16F2N4O3. The number of anilines is 1. The molecule has 0 spiro atoms. The Morgan fingerprint density at radius 1 is 1.44 bits per heavy atom. The van der Waals surface area contributed by atoms with Gasteiger partial charge in [0.2, 0.25) is 5.91 Å². The number of aromatic nitrogens is 2. The molecule has 1 aliphatic carbocycles. The summed E-state index contributed by atoms with van der Waals surface area (Å²) in [5.41, 5.74) is 0.772. The first kappa shape index (κ1) is 17.0. The Bertz CT molecular complexity index is 831. The van der Waals surface area contributed by atoms with Gasteiger partial charge in [0.1, 0.15) is 17.9 Å². The number of nitrogens with one attached hydrogen (secondary N) is 1. The largest absolute Gasteiger partial charge is 0.319 e. The van der Waals surface area contributed by atoms with E-state index < -0.39 is 17.3 Å². The van der Waals surface area contributed by atoms with Crippen molar-refractivity contribution < 1.29 is 18.5 Å². The molecule has 1 heterocycles. The van der Waals surface area contributed by atoms with Crippen molar-refractivity contribution in [2.75, 3.05) is 5.32 Å². The fourth-order valence-corrected chi connectivity index (χ4v) is 2.62. The predicted octanol–water partition coefficient (Wildman–Crippen LogP) is 3.55. The summed E-state index contributed by atoms with van der Waals surface area (Å²) in [4.78, 5) is 22.7. The Kier molecular flexibility index (Phi) is 4.47. The SMILES string of the molecule is Cc1ccc(NC(=O)Cn2nc(C(F)F)cc2C2CC2)c([N+](=O)[O-])c1. The number of amides is 1. The molecule has 1 N–H and O–H groups in total. The number of carbonyl (C=O) groups excluding carboxylic acids is 1. The molecule has 1 aliphatic rings. The summed E-state index contributed by atoms with van der Waals surface area (Å²) in [6.45, 7) is 1.43. The average molecular weight is 350 g/mol. The molecule has 0 aliphatic heterocycles. The van der Waals surface area contributed by atoms with Gasteiger partial charge in [-0.3, -0.25) is 19.6 Å². The number of hydrogen-bond acceptors (Lipinski definition) is 4. The van der Waals surface area contributed by atoms with Gasteiger partial charge in [0, 0.05) is 17.7 Å². The molecule has 1 saturated carbocycles. The van der Waals surface area contributed by atoms with Crippen molar-refractivity contribution in [2.45, 2.75) is 38.7 Å². The number of aryl methyl sites for hydroxylation is 1. The van der Waals surface area contributed by atoms with Gasteiger partial charge in [-0.1, -0.05) is 6.07 Å². The van der Waals surface area contributed by atoms with Crippen LogP contribution in [0.3, 0.4) is 0 Å². The van der Waals surface area contributed by atoms with Gasteiger partial charge < -0.3 is 5.32 Å². The molecule has 0 bridgehead atoms. The van der Waals surface area contributed by atoms with Crippen LogP contribution in [-0.2, 0) is 11.3 Å². The topological polar surface area (TPSA) is 90.1 Å². The molecule has 9 heteroatoms. The lowest BCUT2D eigenvalue weighted by Crippen LogP contribution is -2.21. The number of alkyl halides is 2. The normalized spacial score (nSPS) is 13.9. The Morgan fingerprint density at radius 2 is 2.16 bits per heavy atom.